The number of aliphatic hydroxyl groups is 1. The Kier molecular flexibility index (Phi) is 12.2. The first-order valence-corrected chi connectivity index (χ1v) is 10.3. The lowest BCUT2D eigenvalue weighted by Gasteiger charge is -2.27. The minimum Gasteiger partial charge on any atom is -0.480 e. The molecule has 0 aromatic rings. The van der Waals surface area contributed by atoms with Gasteiger partial charge in [-0.15, -0.1) is 0 Å². The lowest BCUT2D eigenvalue weighted by molar-refractivity contribution is -0.143. The van der Waals surface area contributed by atoms with Gasteiger partial charge >= 0.3 is 5.97 Å². The summed E-state index contributed by atoms with van der Waals surface area (Å²) in [6.45, 7) is 10.3. The van der Waals surface area contributed by atoms with Crippen molar-refractivity contribution in [3.8, 4) is 0 Å². The summed E-state index contributed by atoms with van der Waals surface area (Å²) >= 11 is 0. The van der Waals surface area contributed by atoms with Crippen molar-refractivity contribution in [1.82, 2.24) is 16.0 Å². The van der Waals surface area contributed by atoms with E-state index >= 15 is 0 Å². The topological polar surface area (TPSA) is 171 Å². The van der Waals surface area contributed by atoms with E-state index in [4.69, 9.17) is 15.9 Å². The number of amides is 3. The van der Waals surface area contributed by atoms with Crippen molar-refractivity contribution in [1.29, 1.82) is 0 Å². The zero-order valence-corrected chi connectivity index (χ0v) is 18.8. The minimum absolute atomic E-state index is 0.0194. The number of aliphatic carboxylic acids is 1. The van der Waals surface area contributed by atoms with Crippen LogP contribution in [0.15, 0.2) is 0 Å². The van der Waals surface area contributed by atoms with E-state index in [1.165, 1.54) is 0 Å². The van der Waals surface area contributed by atoms with Gasteiger partial charge < -0.3 is 31.9 Å². The molecule has 0 aliphatic heterocycles. The molecule has 3 amide bonds. The maximum Gasteiger partial charge on any atom is 0.328 e. The third-order valence-corrected chi connectivity index (χ3v) is 4.50. The normalized spacial score (nSPS) is 15.4. The molecule has 10 heteroatoms. The largest absolute Gasteiger partial charge is 0.480 e. The molecule has 7 N–H and O–H groups in total. The molecule has 0 rings (SSSR count). The number of nitrogens with one attached hydrogen (secondary N) is 3. The van der Waals surface area contributed by atoms with E-state index in [-0.39, 0.29) is 24.2 Å². The molecule has 0 heterocycles. The van der Waals surface area contributed by atoms with Crippen LogP contribution in [0, 0.1) is 17.8 Å². The standard InChI is InChI=1S/C20H38N4O6/c1-10(2)7-13(18(27)24-15(9-25)20(29)30)22-17(26)14(8-11(3)4)23-19(28)16(21)12(5)6/h10-16,25H,7-9,21H2,1-6H3,(H,22,26)(H,23,28)(H,24,27)(H,29,30). The average molecular weight is 431 g/mol. The molecule has 0 spiro atoms. The van der Waals surface area contributed by atoms with E-state index in [2.05, 4.69) is 16.0 Å². The molecule has 30 heavy (non-hydrogen) atoms. The first kappa shape index (κ1) is 27.8. The quantitative estimate of drug-likeness (QED) is 0.231. The second-order valence-corrected chi connectivity index (χ2v) is 8.73. The summed E-state index contributed by atoms with van der Waals surface area (Å²) in [5.74, 6) is -3.12. The predicted molar refractivity (Wildman–Crippen MR) is 112 cm³/mol. The minimum atomic E-state index is -1.47. The molecule has 0 aromatic carbocycles. The lowest BCUT2D eigenvalue weighted by atomic mass is 9.99. The molecule has 0 aromatic heterocycles. The Morgan fingerprint density at radius 3 is 1.40 bits per heavy atom. The highest BCUT2D eigenvalue weighted by molar-refractivity contribution is 5.94. The van der Waals surface area contributed by atoms with Gasteiger partial charge in [0.25, 0.3) is 0 Å². The molecule has 0 bridgehead atoms. The van der Waals surface area contributed by atoms with E-state index in [1.807, 2.05) is 27.7 Å². The van der Waals surface area contributed by atoms with Gasteiger partial charge in [0, 0.05) is 0 Å². The van der Waals surface area contributed by atoms with E-state index < -0.39 is 54.5 Å². The lowest BCUT2D eigenvalue weighted by Crippen LogP contribution is -2.58. The van der Waals surface area contributed by atoms with Gasteiger partial charge in [0.05, 0.1) is 12.6 Å². The van der Waals surface area contributed by atoms with Crippen molar-refractivity contribution in [2.24, 2.45) is 23.5 Å². The summed E-state index contributed by atoms with van der Waals surface area (Å²) in [5, 5.41) is 25.7. The van der Waals surface area contributed by atoms with Crippen molar-refractivity contribution < 1.29 is 29.4 Å². The number of aliphatic hydroxyl groups excluding tert-OH is 1. The number of nitrogens with two attached hydrogens (primary N) is 1. The van der Waals surface area contributed by atoms with E-state index in [9.17, 15) is 19.2 Å². The van der Waals surface area contributed by atoms with Crippen LogP contribution >= 0.6 is 0 Å². The maximum absolute atomic E-state index is 12.9. The Morgan fingerprint density at radius 2 is 1.10 bits per heavy atom. The van der Waals surface area contributed by atoms with Crippen LogP contribution in [0.1, 0.15) is 54.4 Å². The van der Waals surface area contributed by atoms with Crippen LogP contribution in [0.3, 0.4) is 0 Å². The van der Waals surface area contributed by atoms with Crippen molar-refractivity contribution in [3.05, 3.63) is 0 Å². The predicted octanol–water partition coefficient (Wildman–Crippen LogP) is -0.407. The van der Waals surface area contributed by atoms with E-state index in [0.29, 0.717) is 6.42 Å². The Hall–Kier alpha value is -2.20. The van der Waals surface area contributed by atoms with Gasteiger partial charge in [-0.2, -0.15) is 0 Å². The first-order valence-electron chi connectivity index (χ1n) is 10.3. The van der Waals surface area contributed by atoms with Gasteiger partial charge in [0.15, 0.2) is 0 Å². The van der Waals surface area contributed by atoms with Gasteiger partial charge in [-0.3, -0.25) is 14.4 Å². The van der Waals surface area contributed by atoms with Crippen LogP contribution in [0.25, 0.3) is 0 Å². The van der Waals surface area contributed by atoms with Crippen molar-refractivity contribution in [3.63, 3.8) is 0 Å². The molecular formula is C20H38N4O6. The number of rotatable bonds is 13. The second kappa shape index (κ2) is 13.2. The average Bonchev–Trinajstić information content (AvgIpc) is 2.62. The number of hydrogen-bond donors (Lipinski definition) is 6. The fourth-order valence-electron chi connectivity index (χ4n) is 2.71. The molecule has 10 nitrogen and oxygen atoms in total. The van der Waals surface area contributed by atoms with Crippen LogP contribution in [0.5, 0.6) is 0 Å². The van der Waals surface area contributed by atoms with Crippen LogP contribution < -0.4 is 21.7 Å². The van der Waals surface area contributed by atoms with E-state index in [1.54, 1.807) is 13.8 Å². The molecule has 174 valence electrons. The molecule has 0 saturated heterocycles. The Morgan fingerprint density at radius 1 is 0.733 bits per heavy atom. The highest BCUT2D eigenvalue weighted by Gasteiger charge is 2.31. The third-order valence-electron chi connectivity index (χ3n) is 4.50. The SMILES string of the molecule is CC(C)CC(NC(=O)C(CC(C)C)NC(=O)C(N)C(C)C)C(=O)NC(CO)C(=O)O. The number of carboxylic acids is 1. The van der Waals surface area contributed by atoms with Crippen molar-refractivity contribution in [2.45, 2.75) is 78.6 Å². The number of carbonyl (C=O) groups excluding carboxylic acids is 3. The number of carbonyl (C=O) groups is 4. The zero-order valence-electron chi connectivity index (χ0n) is 18.8. The number of hydrogen-bond acceptors (Lipinski definition) is 6. The molecule has 0 radical (unpaired) electrons. The molecule has 0 saturated carbocycles. The summed E-state index contributed by atoms with van der Waals surface area (Å²) in [5.41, 5.74) is 5.87. The number of carboxylic acid groups (broad SMARTS) is 1. The molecule has 0 fully saturated rings. The third kappa shape index (κ3) is 10.0. The van der Waals surface area contributed by atoms with Crippen LogP contribution in [0.2, 0.25) is 0 Å². The van der Waals surface area contributed by atoms with Gasteiger partial charge in [0.1, 0.15) is 18.1 Å². The molecule has 4 atom stereocenters. The molecule has 0 aliphatic carbocycles. The summed E-state index contributed by atoms with van der Waals surface area (Å²) in [6.07, 6.45) is 0.593. The van der Waals surface area contributed by atoms with E-state index in [0.717, 1.165) is 0 Å². The van der Waals surface area contributed by atoms with Gasteiger partial charge in [0.2, 0.25) is 17.7 Å². The van der Waals surface area contributed by atoms with Crippen LogP contribution in [-0.2, 0) is 19.2 Å². The second-order valence-electron chi connectivity index (χ2n) is 8.73. The molecule has 4 unspecified atom stereocenters. The van der Waals surface area contributed by atoms with Gasteiger partial charge in [-0.25, -0.2) is 4.79 Å². The Bertz CT molecular complexity index is 594. The zero-order chi connectivity index (χ0) is 23.6. The van der Waals surface area contributed by atoms with Crippen molar-refractivity contribution in [2.75, 3.05) is 6.61 Å². The Labute approximate surface area is 178 Å². The van der Waals surface area contributed by atoms with Gasteiger partial charge in [-0.05, 0) is 30.6 Å². The summed E-state index contributed by atoms with van der Waals surface area (Å²) < 4.78 is 0. The van der Waals surface area contributed by atoms with Gasteiger partial charge in [-0.1, -0.05) is 41.5 Å². The molecular weight excluding hydrogens is 392 g/mol. The smallest absolute Gasteiger partial charge is 0.328 e. The molecule has 0 aliphatic rings. The van der Waals surface area contributed by atoms with Crippen molar-refractivity contribution >= 4 is 23.7 Å². The first-order chi connectivity index (χ1) is 13.8. The monoisotopic (exact) mass is 430 g/mol. The summed E-state index contributed by atoms with van der Waals surface area (Å²) in [7, 11) is 0. The maximum atomic E-state index is 12.9. The van der Waals surface area contributed by atoms with Crippen LogP contribution in [0.4, 0.5) is 0 Å². The highest BCUT2D eigenvalue weighted by atomic mass is 16.4. The summed E-state index contributed by atoms with van der Waals surface area (Å²) in [6, 6.07) is -4.16. The fraction of sp³-hybridized carbons (Fsp3) is 0.800. The van der Waals surface area contributed by atoms with Crippen LogP contribution in [-0.4, -0.2) is 64.7 Å². The summed E-state index contributed by atoms with van der Waals surface area (Å²) in [4.78, 5) is 48.9. The fourth-order valence-corrected chi connectivity index (χ4v) is 2.71. The highest BCUT2D eigenvalue weighted by Crippen LogP contribution is 2.10. The Balaban J connectivity index is 5.43.